The summed E-state index contributed by atoms with van der Waals surface area (Å²) in [5.74, 6) is 0.822. The second-order valence-corrected chi connectivity index (χ2v) is 7.07. The van der Waals surface area contributed by atoms with Crippen LogP contribution in [0.15, 0.2) is 0 Å². The van der Waals surface area contributed by atoms with E-state index in [1.165, 1.54) is 13.3 Å². The first-order chi connectivity index (χ1) is 8.33. The van der Waals surface area contributed by atoms with Crippen molar-refractivity contribution in [1.29, 1.82) is 0 Å². The van der Waals surface area contributed by atoms with E-state index in [1.54, 1.807) is 0 Å². The largest absolute Gasteiger partial charge is 0.458 e. The molecular weight excluding hydrogens is 228 g/mol. The maximum atomic E-state index is 11.6. The van der Waals surface area contributed by atoms with Crippen molar-refractivity contribution in [2.24, 2.45) is 17.3 Å². The summed E-state index contributed by atoms with van der Waals surface area (Å²) in [6, 6.07) is 0. The number of aliphatic hydroxyl groups is 1. The minimum atomic E-state index is -0.765. The maximum Gasteiger partial charge on any atom is 0.303 e. The van der Waals surface area contributed by atoms with Crippen LogP contribution >= 0.6 is 0 Å². The Morgan fingerprint density at radius 2 is 1.94 bits per heavy atom. The summed E-state index contributed by atoms with van der Waals surface area (Å²) in [5.41, 5.74) is -1.34. The molecule has 4 unspecified atom stereocenters. The molecule has 102 valence electrons. The topological polar surface area (TPSA) is 46.5 Å². The van der Waals surface area contributed by atoms with Gasteiger partial charge in [-0.3, -0.25) is 4.79 Å². The van der Waals surface area contributed by atoms with E-state index in [0.717, 1.165) is 32.1 Å². The van der Waals surface area contributed by atoms with E-state index in [1.807, 2.05) is 13.8 Å². The molecule has 0 aliphatic heterocycles. The normalized spacial score (nSPS) is 46.2. The average molecular weight is 252 g/mol. The Kier molecular flexibility index (Phi) is 2.42. The Morgan fingerprint density at radius 3 is 2.56 bits per heavy atom. The predicted octanol–water partition coefficient (Wildman–Crippen LogP) is 2.66. The van der Waals surface area contributed by atoms with Crippen LogP contribution < -0.4 is 0 Å². The quantitative estimate of drug-likeness (QED) is 0.769. The third-order valence-corrected chi connectivity index (χ3v) is 6.08. The minimum Gasteiger partial charge on any atom is -0.458 e. The highest BCUT2D eigenvalue weighted by Gasteiger charge is 2.75. The summed E-state index contributed by atoms with van der Waals surface area (Å²) in [5, 5.41) is 10.8. The van der Waals surface area contributed by atoms with Crippen molar-refractivity contribution in [3.05, 3.63) is 0 Å². The van der Waals surface area contributed by atoms with Crippen LogP contribution in [0.4, 0.5) is 0 Å². The molecule has 3 aliphatic rings. The number of hydrogen-bond donors (Lipinski definition) is 1. The standard InChI is InChI=1S/C15H24O3/c1-10(16)18-15-8-4-7-14(15,13(2,3)17)11-5-6-12(15)9-11/h11-12,17H,4-9H2,1-3H3. The van der Waals surface area contributed by atoms with Gasteiger partial charge in [0.1, 0.15) is 5.60 Å². The molecule has 0 aromatic carbocycles. The Labute approximate surface area is 109 Å². The Hall–Kier alpha value is -0.570. The summed E-state index contributed by atoms with van der Waals surface area (Å²) >= 11 is 0. The predicted molar refractivity (Wildman–Crippen MR) is 67.9 cm³/mol. The molecule has 0 radical (unpaired) electrons. The fraction of sp³-hybridized carbons (Fsp3) is 0.933. The highest BCUT2D eigenvalue weighted by molar-refractivity contribution is 5.67. The lowest BCUT2D eigenvalue weighted by molar-refractivity contribution is -0.215. The lowest BCUT2D eigenvalue weighted by atomic mass is 9.57. The lowest BCUT2D eigenvalue weighted by Gasteiger charge is -2.54. The number of esters is 1. The molecule has 0 spiro atoms. The van der Waals surface area contributed by atoms with Gasteiger partial charge in [0.2, 0.25) is 0 Å². The van der Waals surface area contributed by atoms with E-state index >= 15 is 0 Å². The van der Waals surface area contributed by atoms with Crippen LogP contribution in [0.1, 0.15) is 59.3 Å². The summed E-state index contributed by atoms with van der Waals surface area (Å²) < 4.78 is 5.89. The van der Waals surface area contributed by atoms with Crippen molar-refractivity contribution in [3.63, 3.8) is 0 Å². The molecule has 3 fully saturated rings. The molecule has 3 saturated carbocycles. The van der Waals surface area contributed by atoms with Gasteiger partial charge in [0.15, 0.2) is 0 Å². The van der Waals surface area contributed by atoms with Gasteiger partial charge >= 0.3 is 5.97 Å². The second kappa shape index (κ2) is 3.50. The molecule has 2 bridgehead atoms. The van der Waals surface area contributed by atoms with E-state index in [2.05, 4.69) is 0 Å². The summed E-state index contributed by atoms with van der Waals surface area (Å²) in [7, 11) is 0. The van der Waals surface area contributed by atoms with E-state index in [0.29, 0.717) is 11.8 Å². The third-order valence-electron chi connectivity index (χ3n) is 6.08. The van der Waals surface area contributed by atoms with Crippen LogP contribution in [-0.4, -0.2) is 22.3 Å². The van der Waals surface area contributed by atoms with Gasteiger partial charge in [0.05, 0.1) is 5.60 Å². The Balaban J connectivity index is 2.11. The fourth-order valence-electron chi connectivity index (χ4n) is 5.84. The van der Waals surface area contributed by atoms with Gasteiger partial charge in [-0.1, -0.05) is 0 Å². The van der Waals surface area contributed by atoms with Crippen molar-refractivity contribution < 1.29 is 14.6 Å². The average Bonchev–Trinajstić information content (AvgIpc) is 2.81. The van der Waals surface area contributed by atoms with E-state index in [-0.39, 0.29) is 17.0 Å². The molecule has 1 N–H and O–H groups in total. The van der Waals surface area contributed by atoms with Crippen molar-refractivity contribution in [2.75, 3.05) is 0 Å². The number of fused-ring (bicyclic) bond motifs is 5. The van der Waals surface area contributed by atoms with Crippen molar-refractivity contribution in [3.8, 4) is 0 Å². The number of carbonyl (C=O) groups excluding carboxylic acids is 1. The zero-order valence-electron chi connectivity index (χ0n) is 11.7. The summed E-state index contributed by atoms with van der Waals surface area (Å²) in [6.45, 7) is 5.34. The first-order valence-corrected chi connectivity index (χ1v) is 7.25. The highest BCUT2D eigenvalue weighted by Crippen LogP contribution is 2.73. The fourth-order valence-corrected chi connectivity index (χ4v) is 5.84. The molecule has 18 heavy (non-hydrogen) atoms. The lowest BCUT2D eigenvalue weighted by Crippen LogP contribution is -2.61. The first-order valence-electron chi connectivity index (χ1n) is 7.25. The number of rotatable bonds is 2. The van der Waals surface area contributed by atoms with Gasteiger partial charge in [0.25, 0.3) is 0 Å². The molecular formula is C15H24O3. The molecule has 0 heterocycles. The summed E-state index contributed by atoms with van der Waals surface area (Å²) in [4.78, 5) is 11.6. The van der Waals surface area contributed by atoms with Crippen LogP contribution in [0.3, 0.4) is 0 Å². The van der Waals surface area contributed by atoms with Crippen LogP contribution in [-0.2, 0) is 9.53 Å². The molecule has 3 heteroatoms. The van der Waals surface area contributed by atoms with E-state index in [9.17, 15) is 9.90 Å². The number of hydrogen-bond acceptors (Lipinski definition) is 3. The van der Waals surface area contributed by atoms with Crippen LogP contribution in [0.5, 0.6) is 0 Å². The minimum absolute atomic E-state index is 0.182. The highest BCUT2D eigenvalue weighted by atomic mass is 16.6. The van der Waals surface area contributed by atoms with Gasteiger partial charge < -0.3 is 9.84 Å². The van der Waals surface area contributed by atoms with Crippen molar-refractivity contribution in [1.82, 2.24) is 0 Å². The molecule has 3 rings (SSSR count). The molecule has 0 aromatic rings. The van der Waals surface area contributed by atoms with Gasteiger partial charge in [-0.15, -0.1) is 0 Å². The monoisotopic (exact) mass is 252 g/mol. The molecule has 4 atom stereocenters. The van der Waals surface area contributed by atoms with Crippen LogP contribution in [0.2, 0.25) is 0 Å². The van der Waals surface area contributed by atoms with Crippen LogP contribution in [0.25, 0.3) is 0 Å². The van der Waals surface area contributed by atoms with Gasteiger partial charge in [0, 0.05) is 12.3 Å². The molecule has 3 aliphatic carbocycles. The van der Waals surface area contributed by atoms with Gasteiger partial charge in [-0.25, -0.2) is 0 Å². The van der Waals surface area contributed by atoms with Crippen LogP contribution in [0, 0.1) is 17.3 Å². The maximum absolute atomic E-state index is 11.6. The van der Waals surface area contributed by atoms with Gasteiger partial charge in [-0.05, 0) is 64.2 Å². The summed E-state index contributed by atoms with van der Waals surface area (Å²) in [6.07, 6.45) is 6.51. The Morgan fingerprint density at radius 1 is 1.28 bits per heavy atom. The Bertz CT molecular complexity index is 384. The van der Waals surface area contributed by atoms with Crippen molar-refractivity contribution >= 4 is 5.97 Å². The van der Waals surface area contributed by atoms with Crippen molar-refractivity contribution in [2.45, 2.75) is 70.5 Å². The molecule has 0 saturated heterocycles. The molecule has 3 nitrogen and oxygen atoms in total. The SMILES string of the molecule is CC(=O)OC12CCCC1(C(C)(C)O)C1CCC2C1. The first kappa shape index (κ1) is 12.5. The third kappa shape index (κ3) is 1.21. The molecule has 0 aromatic heterocycles. The van der Waals surface area contributed by atoms with E-state index < -0.39 is 5.60 Å². The number of ether oxygens (including phenoxy) is 1. The van der Waals surface area contributed by atoms with E-state index in [4.69, 9.17) is 4.74 Å². The smallest absolute Gasteiger partial charge is 0.303 e. The molecule has 0 amide bonds. The second-order valence-electron chi connectivity index (χ2n) is 7.07. The number of carbonyl (C=O) groups is 1. The zero-order valence-corrected chi connectivity index (χ0v) is 11.7. The van der Waals surface area contributed by atoms with Gasteiger partial charge in [-0.2, -0.15) is 0 Å². The zero-order chi connectivity index (χ0) is 13.2.